The summed E-state index contributed by atoms with van der Waals surface area (Å²) in [5, 5.41) is 4.79. The Morgan fingerprint density at radius 2 is 1.24 bits per heavy atom. The van der Waals surface area contributed by atoms with Gasteiger partial charge in [0, 0.05) is 46.7 Å². The second kappa shape index (κ2) is 8.41. The summed E-state index contributed by atoms with van der Waals surface area (Å²) in [4.78, 5) is 14.8. The first kappa shape index (κ1) is 23.1. The van der Waals surface area contributed by atoms with Crippen LogP contribution in [0.4, 0.5) is 0 Å². The molecule has 0 amide bonds. The van der Waals surface area contributed by atoms with Crippen molar-refractivity contribution in [2.45, 2.75) is 6.92 Å². The molecule has 5 heterocycles. The molecule has 0 aliphatic rings. The quantitative estimate of drug-likeness (QED) is 0.230. The lowest BCUT2D eigenvalue weighted by Crippen LogP contribution is -2.03. The van der Waals surface area contributed by atoms with Gasteiger partial charge in [0.2, 0.25) is 5.95 Å². The standard InChI is InChI=1S/C35H25N7/c1-22-37-28-16-17-33(38-34(28)40(22)23-10-4-3-5-11-23)41-29-14-8-6-12-24(29)26-20-27-25-13-7-9-15-30(25)42(32(27)21-31(26)41)35-36-18-19-39(35)2/h3-21H,1-2H3. The van der Waals surface area contributed by atoms with E-state index in [0.29, 0.717) is 0 Å². The van der Waals surface area contributed by atoms with Crippen LogP contribution >= 0.6 is 0 Å². The largest absolute Gasteiger partial charge is 0.320 e. The molecule has 9 aromatic rings. The molecule has 0 aliphatic heterocycles. The van der Waals surface area contributed by atoms with Crippen LogP contribution in [0.15, 0.2) is 116 Å². The molecule has 7 nitrogen and oxygen atoms in total. The zero-order chi connectivity index (χ0) is 27.9. The molecular weight excluding hydrogens is 518 g/mol. The van der Waals surface area contributed by atoms with Gasteiger partial charge in [-0.2, -0.15) is 0 Å². The van der Waals surface area contributed by atoms with Gasteiger partial charge in [0.15, 0.2) is 5.65 Å². The summed E-state index contributed by atoms with van der Waals surface area (Å²) in [6, 6.07) is 36.2. The third-order valence-corrected chi connectivity index (χ3v) is 8.36. The minimum Gasteiger partial charge on any atom is -0.320 e. The van der Waals surface area contributed by atoms with Gasteiger partial charge in [-0.25, -0.2) is 15.0 Å². The minimum absolute atomic E-state index is 0.838. The fourth-order valence-electron chi connectivity index (χ4n) is 6.54. The van der Waals surface area contributed by atoms with Crippen molar-refractivity contribution in [2.75, 3.05) is 0 Å². The number of rotatable bonds is 3. The number of aryl methyl sites for hydroxylation is 2. The molecule has 0 spiro atoms. The molecule has 0 saturated heterocycles. The van der Waals surface area contributed by atoms with E-state index in [1.54, 1.807) is 0 Å². The Morgan fingerprint density at radius 3 is 1.95 bits per heavy atom. The molecule has 0 atom stereocenters. The fourth-order valence-corrected chi connectivity index (χ4v) is 6.54. The number of fused-ring (bicyclic) bond motifs is 7. The highest BCUT2D eigenvalue weighted by atomic mass is 15.2. The average molecular weight is 544 g/mol. The molecule has 0 unspecified atom stereocenters. The van der Waals surface area contributed by atoms with Crippen LogP contribution in [-0.2, 0) is 7.05 Å². The van der Waals surface area contributed by atoms with Gasteiger partial charge in [-0.1, -0.05) is 54.6 Å². The Morgan fingerprint density at radius 1 is 0.571 bits per heavy atom. The van der Waals surface area contributed by atoms with Crippen molar-refractivity contribution in [3.8, 4) is 17.5 Å². The maximum absolute atomic E-state index is 5.26. The van der Waals surface area contributed by atoms with Gasteiger partial charge in [-0.05, 0) is 55.5 Å². The summed E-state index contributed by atoms with van der Waals surface area (Å²) >= 11 is 0. The Labute approximate surface area is 240 Å². The van der Waals surface area contributed by atoms with Crippen LogP contribution in [0.25, 0.3) is 72.2 Å². The average Bonchev–Trinajstić information content (AvgIpc) is 3.76. The van der Waals surface area contributed by atoms with Gasteiger partial charge in [0.05, 0.1) is 22.1 Å². The molecule has 0 fully saturated rings. The van der Waals surface area contributed by atoms with Gasteiger partial charge in [0.25, 0.3) is 0 Å². The predicted molar refractivity (Wildman–Crippen MR) is 169 cm³/mol. The summed E-state index contributed by atoms with van der Waals surface area (Å²) in [5.41, 5.74) is 7.20. The van der Waals surface area contributed by atoms with Crippen molar-refractivity contribution >= 4 is 54.8 Å². The lowest BCUT2D eigenvalue weighted by atomic mass is 10.1. The molecule has 42 heavy (non-hydrogen) atoms. The lowest BCUT2D eigenvalue weighted by molar-refractivity contribution is 0.847. The third kappa shape index (κ3) is 3.07. The number of imidazole rings is 2. The monoisotopic (exact) mass is 543 g/mol. The zero-order valence-electron chi connectivity index (χ0n) is 23.1. The van der Waals surface area contributed by atoms with E-state index >= 15 is 0 Å². The van der Waals surface area contributed by atoms with E-state index in [1.807, 2.05) is 44.6 Å². The summed E-state index contributed by atoms with van der Waals surface area (Å²) in [6.07, 6.45) is 3.84. The lowest BCUT2D eigenvalue weighted by Gasteiger charge is -2.10. The Bertz CT molecular complexity index is 2490. The van der Waals surface area contributed by atoms with Crippen LogP contribution < -0.4 is 0 Å². The second-order valence-electron chi connectivity index (χ2n) is 10.8. The Kier molecular flexibility index (Phi) is 4.62. The van der Waals surface area contributed by atoms with Gasteiger partial charge < -0.3 is 4.57 Å². The van der Waals surface area contributed by atoms with Crippen LogP contribution in [0.5, 0.6) is 0 Å². The molecular formula is C35H25N7. The molecule has 9 rings (SSSR count). The van der Waals surface area contributed by atoms with Gasteiger partial charge >= 0.3 is 0 Å². The summed E-state index contributed by atoms with van der Waals surface area (Å²) in [5.74, 6) is 2.64. The van der Waals surface area contributed by atoms with E-state index in [1.165, 1.54) is 21.5 Å². The van der Waals surface area contributed by atoms with Gasteiger partial charge in [-0.15, -0.1) is 0 Å². The summed E-state index contributed by atoms with van der Waals surface area (Å²) in [6.45, 7) is 2.03. The summed E-state index contributed by atoms with van der Waals surface area (Å²) < 4.78 is 8.73. The molecule has 200 valence electrons. The van der Waals surface area contributed by atoms with Crippen LogP contribution in [0.3, 0.4) is 0 Å². The molecule has 7 heteroatoms. The molecule has 0 aliphatic carbocycles. The van der Waals surface area contributed by atoms with E-state index in [-0.39, 0.29) is 0 Å². The Hall–Kier alpha value is -5.69. The van der Waals surface area contributed by atoms with E-state index in [4.69, 9.17) is 15.0 Å². The molecule has 4 aromatic carbocycles. The molecule has 5 aromatic heterocycles. The fraction of sp³-hybridized carbons (Fsp3) is 0.0571. The maximum atomic E-state index is 5.26. The SMILES string of the molecule is Cc1nc2ccc(-n3c4ccccc4c4cc5c6ccccc6n(-c6nccn6C)c5cc43)nc2n1-c1ccccc1. The topological polar surface area (TPSA) is 58.4 Å². The van der Waals surface area contributed by atoms with Crippen LogP contribution in [-0.4, -0.2) is 33.2 Å². The Balaban J connectivity index is 1.40. The highest BCUT2D eigenvalue weighted by Crippen LogP contribution is 2.39. The van der Waals surface area contributed by atoms with Gasteiger partial charge in [-0.3, -0.25) is 13.7 Å². The predicted octanol–water partition coefficient (Wildman–Crippen LogP) is 7.66. The van der Waals surface area contributed by atoms with E-state index in [2.05, 4.69) is 103 Å². The number of aromatic nitrogens is 7. The van der Waals surface area contributed by atoms with Crippen LogP contribution in [0, 0.1) is 6.92 Å². The number of hydrogen-bond acceptors (Lipinski definition) is 3. The zero-order valence-corrected chi connectivity index (χ0v) is 23.1. The maximum Gasteiger partial charge on any atom is 0.214 e. The van der Waals surface area contributed by atoms with Crippen molar-refractivity contribution in [1.82, 2.24) is 33.2 Å². The highest BCUT2D eigenvalue weighted by molar-refractivity contribution is 6.19. The highest BCUT2D eigenvalue weighted by Gasteiger charge is 2.20. The van der Waals surface area contributed by atoms with Crippen LogP contribution in [0.2, 0.25) is 0 Å². The number of para-hydroxylation sites is 3. The van der Waals surface area contributed by atoms with E-state index in [0.717, 1.165) is 56.5 Å². The van der Waals surface area contributed by atoms with Crippen molar-refractivity contribution in [1.29, 1.82) is 0 Å². The molecule has 0 saturated carbocycles. The minimum atomic E-state index is 0.838. The van der Waals surface area contributed by atoms with Crippen molar-refractivity contribution < 1.29 is 0 Å². The molecule has 0 bridgehead atoms. The number of pyridine rings is 1. The molecule has 0 radical (unpaired) electrons. The van der Waals surface area contributed by atoms with Crippen molar-refractivity contribution in [2.24, 2.45) is 7.05 Å². The summed E-state index contributed by atoms with van der Waals surface area (Å²) in [7, 11) is 2.04. The molecule has 0 N–H and O–H groups in total. The number of nitrogens with zero attached hydrogens (tertiary/aromatic N) is 7. The number of hydrogen-bond donors (Lipinski definition) is 0. The van der Waals surface area contributed by atoms with E-state index < -0.39 is 0 Å². The van der Waals surface area contributed by atoms with Crippen molar-refractivity contribution in [3.63, 3.8) is 0 Å². The first-order valence-corrected chi connectivity index (χ1v) is 14.0. The van der Waals surface area contributed by atoms with E-state index in [9.17, 15) is 0 Å². The van der Waals surface area contributed by atoms with Crippen molar-refractivity contribution in [3.05, 3.63) is 121 Å². The third-order valence-electron chi connectivity index (χ3n) is 8.36. The number of benzene rings is 4. The first-order valence-electron chi connectivity index (χ1n) is 14.0. The first-order chi connectivity index (χ1) is 20.7. The van der Waals surface area contributed by atoms with Crippen LogP contribution in [0.1, 0.15) is 5.82 Å². The normalized spacial score (nSPS) is 12.0. The van der Waals surface area contributed by atoms with Gasteiger partial charge in [0.1, 0.15) is 17.2 Å². The second-order valence-corrected chi connectivity index (χ2v) is 10.8. The smallest absolute Gasteiger partial charge is 0.214 e.